The van der Waals surface area contributed by atoms with Crippen LogP contribution in [0.2, 0.25) is 0 Å². The maximum absolute atomic E-state index is 13.2. The Kier molecular flexibility index (Phi) is 5.31. The number of halogens is 2. The molecule has 0 saturated carbocycles. The monoisotopic (exact) mass is 442 g/mol. The third-order valence-corrected chi connectivity index (χ3v) is 6.43. The van der Waals surface area contributed by atoms with Crippen LogP contribution in [0.1, 0.15) is 37.3 Å². The van der Waals surface area contributed by atoms with Crippen molar-refractivity contribution in [2.45, 2.75) is 49.7 Å². The van der Waals surface area contributed by atoms with E-state index in [1.165, 1.54) is 28.8 Å². The van der Waals surface area contributed by atoms with Gasteiger partial charge in [-0.2, -0.15) is 13.5 Å². The third-order valence-electron chi connectivity index (χ3n) is 5.46. The SMILES string of the molecule is O=c1c2c3n(c(SCc4nccn4C(F)F)nc-2nn1-c1ccccc1)CCCCC3. The fraction of sp³-hybridized carbons (Fsp3) is 0.333. The van der Waals surface area contributed by atoms with Crippen molar-refractivity contribution in [3.63, 3.8) is 0 Å². The minimum atomic E-state index is -2.64. The Morgan fingerprint density at radius 3 is 2.77 bits per heavy atom. The van der Waals surface area contributed by atoms with Crippen molar-refractivity contribution in [1.82, 2.24) is 28.9 Å². The molecule has 160 valence electrons. The van der Waals surface area contributed by atoms with Crippen LogP contribution in [0.15, 0.2) is 52.7 Å². The minimum Gasteiger partial charge on any atom is -0.324 e. The Balaban J connectivity index is 1.60. The molecule has 1 aromatic carbocycles. The van der Waals surface area contributed by atoms with Crippen molar-refractivity contribution in [2.75, 3.05) is 0 Å². The standard InChI is InChI=1S/C21H20F2N6OS/c22-20(23)28-12-10-24-16(28)13-31-21-25-18-17(15-9-5-2-6-11-27(15)21)19(30)29(26-18)14-7-3-1-4-8-14/h1,3-4,7-8,10,12,20H,2,5-6,9,11,13H2. The smallest absolute Gasteiger partial charge is 0.319 e. The van der Waals surface area contributed by atoms with Gasteiger partial charge in [-0.3, -0.25) is 9.36 Å². The molecule has 2 aromatic rings. The number of hydrogen-bond acceptors (Lipinski definition) is 5. The second kappa shape index (κ2) is 8.26. The molecule has 0 bridgehead atoms. The summed E-state index contributed by atoms with van der Waals surface area (Å²) in [6, 6.07) is 9.26. The lowest BCUT2D eigenvalue weighted by Crippen LogP contribution is -2.19. The number of fused-ring (bicyclic) bond motifs is 3. The van der Waals surface area contributed by atoms with Crippen LogP contribution >= 0.6 is 11.8 Å². The van der Waals surface area contributed by atoms with Gasteiger partial charge in [0, 0.05) is 24.6 Å². The molecule has 0 unspecified atom stereocenters. The van der Waals surface area contributed by atoms with Crippen molar-refractivity contribution in [3.8, 4) is 17.1 Å². The number of alkyl halides is 2. The van der Waals surface area contributed by atoms with Crippen molar-refractivity contribution < 1.29 is 8.78 Å². The van der Waals surface area contributed by atoms with Gasteiger partial charge < -0.3 is 4.57 Å². The zero-order chi connectivity index (χ0) is 21.4. The van der Waals surface area contributed by atoms with Crippen LogP contribution in [0.3, 0.4) is 0 Å². The maximum Gasteiger partial charge on any atom is 0.319 e. The summed E-state index contributed by atoms with van der Waals surface area (Å²) in [6.45, 7) is -1.90. The number of hydrogen-bond donors (Lipinski definition) is 0. The van der Waals surface area contributed by atoms with Crippen LogP contribution in [0, 0.1) is 0 Å². The summed E-state index contributed by atoms with van der Waals surface area (Å²) in [5.74, 6) is 0.921. The highest BCUT2D eigenvalue weighted by Gasteiger charge is 2.27. The van der Waals surface area contributed by atoms with E-state index in [1.807, 2.05) is 30.3 Å². The lowest BCUT2D eigenvalue weighted by molar-refractivity contribution is 0.0678. The average Bonchev–Trinajstić information content (AvgIpc) is 3.29. The number of imidazole rings is 1. The first-order valence-electron chi connectivity index (χ1n) is 10.1. The highest BCUT2D eigenvalue weighted by Crippen LogP contribution is 2.32. The molecule has 0 amide bonds. The Morgan fingerprint density at radius 2 is 1.97 bits per heavy atom. The van der Waals surface area contributed by atoms with Gasteiger partial charge in [0.2, 0.25) is 0 Å². The predicted molar refractivity (Wildman–Crippen MR) is 113 cm³/mol. The van der Waals surface area contributed by atoms with E-state index in [0.29, 0.717) is 22.2 Å². The molecule has 3 aliphatic rings. The molecule has 0 atom stereocenters. The van der Waals surface area contributed by atoms with Crippen LogP contribution in [0.4, 0.5) is 8.78 Å². The minimum absolute atomic E-state index is 0.177. The molecule has 1 aromatic heterocycles. The molecular weight excluding hydrogens is 422 g/mol. The first-order chi connectivity index (χ1) is 15.1. The van der Waals surface area contributed by atoms with Gasteiger partial charge in [0.1, 0.15) is 11.4 Å². The van der Waals surface area contributed by atoms with E-state index in [0.717, 1.165) is 42.5 Å². The lowest BCUT2D eigenvalue weighted by Gasteiger charge is -2.17. The first kappa shape index (κ1) is 19.9. The number of aromatic nitrogens is 6. The summed E-state index contributed by atoms with van der Waals surface area (Å²) in [7, 11) is 0. The van der Waals surface area contributed by atoms with E-state index in [9.17, 15) is 13.6 Å². The number of para-hydroxylation sites is 1. The molecule has 5 rings (SSSR count). The van der Waals surface area contributed by atoms with Crippen molar-refractivity contribution in [3.05, 3.63) is 64.6 Å². The second-order valence-electron chi connectivity index (χ2n) is 7.37. The summed E-state index contributed by atoms with van der Waals surface area (Å²) in [5.41, 5.74) is 1.98. The third kappa shape index (κ3) is 3.65. The van der Waals surface area contributed by atoms with Gasteiger partial charge in [-0.25, -0.2) is 9.97 Å². The van der Waals surface area contributed by atoms with Gasteiger partial charge in [-0.05, 0) is 31.4 Å². The van der Waals surface area contributed by atoms with Crippen LogP contribution in [0.5, 0.6) is 0 Å². The Hall–Kier alpha value is -3.01. The van der Waals surface area contributed by atoms with E-state index < -0.39 is 6.55 Å². The van der Waals surface area contributed by atoms with Gasteiger partial charge in [0.05, 0.1) is 11.4 Å². The van der Waals surface area contributed by atoms with E-state index in [1.54, 1.807) is 0 Å². The van der Waals surface area contributed by atoms with Crippen molar-refractivity contribution >= 4 is 11.8 Å². The van der Waals surface area contributed by atoms with Crippen LogP contribution < -0.4 is 5.56 Å². The average molecular weight is 442 g/mol. The van der Waals surface area contributed by atoms with Gasteiger partial charge in [-0.1, -0.05) is 36.4 Å². The topological polar surface area (TPSA) is 70.5 Å². The zero-order valence-corrected chi connectivity index (χ0v) is 17.4. The highest BCUT2D eigenvalue weighted by atomic mass is 32.2. The molecule has 31 heavy (non-hydrogen) atoms. The second-order valence-corrected chi connectivity index (χ2v) is 8.31. The fourth-order valence-corrected chi connectivity index (χ4v) is 4.96. The predicted octanol–water partition coefficient (Wildman–Crippen LogP) is 4.14. The zero-order valence-electron chi connectivity index (χ0n) is 16.6. The largest absolute Gasteiger partial charge is 0.324 e. The van der Waals surface area contributed by atoms with Gasteiger partial charge in [0.15, 0.2) is 11.0 Å². The molecule has 10 heteroatoms. The van der Waals surface area contributed by atoms with Gasteiger partial charge in [-0.15, -0.1) is 5.10 Å². The summed E-state index contributed by atoms with van der Waals surface area (Å²) < 4.78 is 30.7. The summed E-state index contributed by atoms with van der Waals surface area (Å²) in [5, 5.41) is 5.17. The number of thioether (sulfide) groups is 1. The van der Waals surface area contributed by atoms with Gasteiger partial charge in [0.25, 0.3) is 5.56 Å². The Bertz CT molecular complexity index is 1230. The number of benzene rings is 1. The van der Waals surface area contributed by atoms with E-state index in [2.05, 4.69) is 19.6 Å². The molecule has 0 saturated heterocycles. The highest BCUT2D eigenvalue weighted by molar-refractivity contribution is 7.98. The van der Waals surface area contributed by atoms with Crippen molar-refractivity contribution in [2.24, 2.45) is 0 Å². The Labute approximate surface area is 181 Å². The Morgan fingerprint density at radius 1 is 1.13 bits per heavy atom. The molecule has 4 heterocycles. The molecular formula is C21H20F2N6OS. The normalized spacial score (nSPS) is 14.2. The summed E-state index contributed by atoms with van der Waals surface area (Å²) in [4.78, 5) is 22.0. The molecule has 0 aliphatic carbocycles. The van der Waals surface area contributed by atoms with E-state index in [-0.39, 0.29) is 17.1 Å². The molecule has 0 spiro atoms. The van der Waals surface area contributed by atoms with E-state index >= 15 is 0 Å². The molecule has 0 fully saturated rings. The van der Waals surface area contributed by atoms with Gasteiger partial charge >= 0.3 is 6.55 Å². The quantitative estimate of drug-likeness (QED) is 0.343. The molecule has 0 N–H and O–H groups in total. The summed E-state index contributed by atoms with van der Waals surface area (Å²) >= 11 is 1.34. The lowest BCUT2D eigenvalue weighted by atomic mass is 10.1. The maximum atomic E-state index is 13.2. The summed E-state index contributed by atoms with van der Waals surface area (Å²) in [6.07, 6.45) is 6.42. The fourth-order valence-electron chi connectivity index (χ4n) is 3.97. The molecule has 3 aliphatic heterocycles. The molecule has 7 nitrogen and oxygen atoms in total. The van der Waals surface area contributed by atoms with Crippen LogP contribution in [0.25, 0.3) is 17.1 Å². The van der Waals surface area contributed by atoms with Crippen molar-refractivity contribution in [1.29, 1.82) is 0 Å². The first-order valence-corrected chi connectivity index (χ1v) is 11.1. The molecule has 0 radical (unpaired) electrons. The number of nitrogens with zero attached hydrogens (tertiary/aromatic N) is 6. The van der Waals surface area contributed by atoms with Crippen LogP contribution in [-0.4, -0.2) is 28.9 Å². The number of rotatable bonds is 5. The van der Waals surface area contributed by atoms with Crippen LogP contribution in [-0.2, 0) is 18.7 Å². The van der Waals surface area contributed by atoms with E-state index in [4.69, 9.17) is 0 Å².